The van der Waals surface area contributed by atoms with E-state index in [9.17, 15) is 4.79 Å². The molecule has 0 radical (unpaired) electrons. The molecule has 4 rings (SSSR count). The molecule has 0 aliphatic carbocycles. The molecule has 2 N–H and O–H groups in total. The van der Waals surface area contributed by atoms with Gasteiger partial charge >= 0.3 is 0 Å². The first-order valence-electron chi connectivity index (χ1n) is 8.10. The van der Waals surface area contributed by atoms with Crippen LogP contribution in [0.2, 0.25) is 0 Å². The molecular weight excluding hydrogens is 330 g/mol. The molecule has 26 heavy (non-hydrogen) atoms. The summed E-state index contributed by atoms with van der Waals surface area (Å²) >= 11 is 0. The lowest BCUT2D eigenvalue weighted by Crippen LogP contribution is -2.13. The van der Waals surface area contributed by atoms with Gasteiger partial charge in [-0.25, -0.2) is 9.67 Å². The Hall–Kier alpha value is -3.61. The molecule has 1 amide bonds. The molecule has 7 heteroatoms. The number of nitrogens with one attached hydrogen (secondary N) is 2. The maximum atomic E-state index is 12.8. The van der Waals surface area contributed by atoms with Crippen LogP contribution in [0.4, 0.5) is 5.69 Å². The number of imidazole rings is 1. The van der Waals surface area contributed by atoms with Gasteiger partial charge in [-0.2, -0.15) is 5.10 Å². The first kappa shape index (κ1) is 15.9. The second-order valence-electron chi connectivity index (χ2n) is 5.79. The van der Waals surface area contributed by atoms with Crippen LogP contribution in [0.3, 0.4) is 0 Å². The van der Waals surface area contributed by atoms with Crippen LogP contribution in [0.1, 0.15) is 16.1 Å². The average Bonchev–Trinajstić information content (AvgIpc) is 3.29. The fourth-order valence-electron chi connectivity index (χ4n) is 2.94. The summed E-state index contributed by atoms with van der Waals surface area (Å²) in [6, 6.07) is 13.1. The van der Waals surface area contributed by atoms with E-state index in [0.717, 1.165) is 22.4 Å². The lowest BCUT2D eigenvalue weighted by atomic mass is 10.2. The van der Waals surface area contributed by atoms with E-state index >= 15 is 0 Å². The third-order valence-corrected chi connectivity index (χ3v) is 4.27. The SMILES string of the molecule is COc1ccccc1-n1ncc(C(=O)Nc2cccc3[nH]cnc23)c1C. The molecule has 2 aromatic carbocycles. The van der Waals surface area contributed by atoms with Crippen molar-refractivity contribution >= 4 is 22.6 Å². The molecule has 4 aromatic rings. The number of rotatable bonds is 4. The fraction of sp³-hybridized carbons (Fsp3) is 0.105. The molecule has 0 aliphatic rings. The van der Waals surface area contributed by atoms with Crippen molar-refractivity contribution < 1.29 is 9.53 Å². The highest BCUT2D eigenvalue weighted by molar-refractivity contribution is 6.08. The summed E-state index contributed by atoms with van der Waals surface area (Å²) in [5.74, 6) is 0.450. The van der Waals surface area contributed by atoms with Crippen LogP contribution in [0.25, 0.3) is 16.7 Å². The number of anilines is 1. The van der Waals surface area contributed by atoms with Crippen molar-refractivity contribution in [2.24, 2.45) is 0 Å². The summed E-state index contributed by atoms with van der Waals surface area (Å²) in [4.78, 5) is 20.1. The molecule has 2 heterocycles. The van der Waals surface area contributed by atoms with Crippen LogP contribution < -0.4 is 10.1 Å². The van der Waals surface area contributed by atoms with Crippen LogP contribution in [0.15, 0.2) is 55.0 Å². The Labute approximate surface area is 149 Å². The van der Waals surface area contributed by atoms with Crippen LogP contribution in [0.5, 0.6) is 5.75 Å². The summed E-state index contributed by atoms with van der Waals surface area (Å²) in [5.41, 5.74) is 4.23. The van der Waals surface area contributed by atoms with Gasteiger partial charge in [-0.05, 0) is 31.2 Å². The van der Waals surface area contributed by atoms with Crippen molar-refractivity contribution in [3.63, 3.8) is 0 Å². The lowest BCUT2D eigenvalue weighted by Gasteiger charge is -2.10. The molecular formula is C19H17N5O2. The van der Waals surface area contributed by atoms with Crippen LogP contribution >= 0.6 is 0 Å². The van der Waals surface area contributed by atoms with E-state index < -0.39 is 0 Å². The van der Waals surface area contributed by atoms with Gasteiger partial charge in [0.25, 0.3) is 5.91 Å². The standard InChI is InChI=1S/C19H17N5O2/c1-12-13(10-22-24(12)16-8-3-4-9-17(16)26-2)19(25)23-15-7-5-6-14-18(15)21-11-20-14/h3-11H,1-2H3,(H,20,21)(H,23,25). The number of H-pyrrole nitrogens is 1. The van der Waals surface area contributed by atoms with Gasteiger partial charge in [0.2, 0.25) is 0 Å². The van der Waals surface area contributed by atoms with Crippen molar-refractivity contribution in [2.75, 3.05) is 12.4 Å². The predicted molar refractivity (Wildman–Crippen MR) is 98.9 cm³/mol. The number of carbonyl (C=O) groups is 1. The molecule has 2 aromatic heterocycles. The lowest BCUT2D eigenvalue weighted by molar-refractivity contribution is 0.102. The molecule has 0 spiro atoms. The smallest absolute Gasteiger partial charge is 0.259 e. The third kappa shape index (κ3) is 2.59. The number of ether oxygens (including phenoxy) is 1. The number of methoxy groups -OCH3 is 1. The Morgan fingerprint density at radius 2 is 2.04 bits per heavy atom. The Morgan fingerprint density at radius 1 is 1.19 bits per heavy atom. The first-order valence-corrected chi connectivity index (χ1v) is 8.10. The predicted octanol–water partition coefficient (Wildman–Crippen LogP) is 3.32. The number of fused-ring (bicyclic) bond motifs is 1. The summed E-state index contributed by atoms with van der Waals surface area (Å²) in [5, 5.41) is 7.28. The number of carbonyl (C=O) groups excluding carboxylic acids is 1. The van der Waals surface area contributed by atoms with E-state index in [4.69, 9.17) is 4.74 Å². The van der Waals surface area contributed by atoms with E-state index in [1.54, 1.807) is 24.3 Å². The van der Waals surface area contributed by atoms with Gasteiger partial charge in [-0.3, -0.25) is 4.79 Å². The van der Waals surface area contributed by atoms with E-state index in [-0.39, 0.29) is 5.91 Å². The number of para-hydroxylation sites is 3. The number of hydrogen-bond acceptors (Lipinski definition) is 4. The number of benzene rings is 2. The Balaban J connectivity index is 1.68. The molecule has 0 aliphatic heterocycles. The number of aromatic nitrogens is 4. The van der Waals surface area contributed by atoms with Gasteiger partial charge in [0, 0.05) is 0 Å². The highest BCUT2D eigenvalue weighted by Gasteiger charge is 2.18. The number of nitrogens with zero attached hydrogens (tertiary/aromatic N) is 3. The maximum Gasteiger partial charge on any atom is 0.259 e. The molecule has 0 saturated carbocycles. The molecule has 0 unspecified atom stereocenters. The molecule has 0 bridgehead atoms. The minimum atomic E-state index is -0.237. The fourth-order valence-corrected chi connectivity index (χ4v) is 2.94. The summed E-state index contributed by atoms with van der Waals surface area (Å²) in [6.07, 6.45) is 3.16. The van der Waals surface area contributed by atoms with Gasteiger partial charge in [-0.15, -0.1) is 0 Å². The van der Waals surface area contributed by atoms with Crippen molar-refractivity contribution in [1.82, 2.24) is 19.7 Å². The summed E-state index contributed by atoms with van der Waals surface area (Å²) in [6.45, 7) is 1.85. The largest absolute Gasteiger partial charge is 0.494 e. The van der Waals surface area contributed by atoms with Crippen LogP contribution in [-0.4, -0.2) is 32.8 Å². The zero-order valence-corrected chi connectivity index (χ0v) is 14.4. The van der Waals surface area contributed by atoms with Crippen LogP contribution in [0, 0.1) is 6.92 Å². The second-order valence-corrected chi connectivity index (χ2v) is 5.79. The van der Waals surface area contributed by atoms with E-state index in [2.05, 4.69) is 20.4 Å². The van der Waals surface area contributed by atoms with Gasteiger partial charge in [0.15, 0.2) is 0 Å². The molecule has 0 fully saturated rings. The molecule has 0 saturated heterocycles. The molecule has 130 valence electrons. The van der Waals surface area contributed by atoms with Crippen molar-refractivity contribution in [3.05, 3.63) is 66.2 Å². The third-order valence-electron chi connectivity index (χ3n) is 4.27. The monoisotopic (exact) mass is 347 g/mol. The topological polar surface area (TPSA) is 84.8 Å². The zero-order chi connectivity index (χ0) is 18.1. The van der Waals surface area contributed by atoms with Gasteiger partial charge in [0.05, 0.1) is 42.1 Å². The van der Waals surface area contributed by atoms with Crippen molar-refractivity contribution in [3.8, 4) is 11.4 Å². The zero-order valence-electron chi connectivity index (χ0n) is 14.4. The van der Waals surface area contributed by atoms with E-state index in [1.165, 1.54) is 0 Å². The Morgan fingerprint density at radius 3 is 2.88 bits per heavy atom. The molecule has 0 atom stereocenters. The Kier molecular flexibility index (Phi) is 3.89. The number of amides is 1. The minimum absolute atomic E-state index is 0.237. The first-order chi connectivity index (χ1) is 12.7. The minimum Gasteiger partial charge on any atom is -0.494 e. The van der Waals surface area contributed by atoms with Gasteiger partial charge in [0.1, 0.15) is 17.0 Å². The number of aromatic amines is 1. The normalized spacial score (nSPS) is 10.8. The van der Waals surface area contributed by atoms with Gasteiger partial charge < -0.3 is 15.0 Å². The number of hydrogen-bond donors (Lipinski definition) is 2. The highest BCUT2D eigenvalue weighted by atomic mass is 16.5. The average molecular weight is 347 g/mol. The molecule has 7 nitrogen and oxygen atoms in total. The van der Waals surface area contributed by atoms with Crippen LogP contribution in [-0.2, 0) is 0 Å². The van der Waals surface area contributed by atoms with E-state index in [1.807, 2.05) is 49.4 Å². The quantitative estimate of drug-likeness (QED) is 0.593. The van der Waals surface area contributed by atoms with Gasteiger partial charge in [-0.1, -0.05) is 18.2 Å². The van der Waals surface area contributed by atoms with Crippen molar-refractivity contribution in [1.29, 1.82) is 0 Å². The maximum absolute atomic E-state index is 12.8. The second kappa shape index (κ2) is 6.36. The Bertz CT molecular complexity index is 1100. The summed E-state index contributed by atoms with van der Waals surface area (Å²) < 4.78 is 7.08. The summed E-state index contributed by atoms with van der Waals surface area (Å²) in [7, 11) is 1.61. The highest BCUT2D eigenvalue weighted by Crippen LogP contribution is 2.25. The van der Waals surface area contributed by atoms with E-state index in [0.29, 0.717) is 17.0 Å². The van der Waals surface area contributed by atoms with Crippen molar-refractivity contribution in [2.45, 2.75) is 6.92 Å².